The van der Waals surface area contributed by atoms with Gasteiger partial charge in [0.25, 0.3) is 5.91 Å². The van der Waals surface area contributed by atoms with E-state index in [4.69, 9.17) is 21.9 Å². The fourth-order valence-electron chi connectivity index (χ4n) is 2.80. The third-order valence-electron chi connectivity index (χ3n) is 4.33. The molecule has 7 N–H and O–H groups in total. The number of nitrogens with zero attached hydrogens (tertiary/aromatic N) is 3. The number of nitrogens with one attached hydrogen (secondary N) is 1. The van der Waals surface area contributed by atoms with Gasteiger partial charge in [-0.05, 0) is 31.5 Å². The fourth-order valence-corrected chi connectivity index (χ4v) is 2.80. The summed E-state index contributed by atoms with van der Waals surface area (Å²) in [5, 5.41) is 11.9. The molecule has 1 aromatic carbocycles. The van der Waals surface area contributed by atoms with Crippen LogP contribution in [-0.2, 0) is 21.3 Å². The summed E-state index contributed by atoms with van der Waals surface area (Å²) < 4.78 is 44.3. The van der Waals surface area contributed by atoms with E-state index in [-0.39, 0.29) is 35.4 Å². The van der Waals surface area contributed by atoms with Crippen molar-refractivity contribution in [2.24, 2.45) is 11.5 Å². The summed E-state index contributed by atoms with van der Waals surface area (Å²) in [6.07, 6.45) is -5.47. The number of anilines is 2. The average Bonchev–Trinajstić information content (AvgIpc) is 2.71. The van der Waals surface area contributed by atoms with E-state index in [1.165, 1.54) is 6.07 Å². The number of rotatable bonds is 8. The molecule has 13 heteroatoms. The second-order valence-corrected chi connectivity index (χ2v) is 6.63. The molecule has 2 amide bonds. The minimum absolute atomic E-state index is 0.0971. The highest BCUT2D eigenvalue weighted by Crippen LogP contribution is 2.33. The van der Waals surface area contributed by atoms with Gasteiger partial charge in [-0.2, -0.15) is 23.4 Å². The molecule has 0 spiro atoms. The van der Waals surface area contributed by atoms with Crippen LogP contribution in [0, 0.1) is 11.3 Å². The van der Waals surface area contributed by atoms with Crippen LogP contribution >= 0.6 is 0 Å². The van der Waals surface area contributed by atoms with E-state index in [1.807, 2.05) is 0 Å². The zero-order chi connectivity index (χ0) is 24.1. The number of nitrogens with two attached hydrogens (primary N) is 3. The van der Waals surface area contributed by atoms with E-state index in [9.17, 15) is 28.0 Å². The van der Waals surface area contributed by atoms with Crippen molar-refractivity contribution in [3.63, 3.8) is 0 Å². The summed E-state index contributed by atoms with van der Waals surface area (Å²) >= 11 is 0. The quantitative estimate of drug-likeness (QED) is 0.464. The van der Waals surface area contributed by atoms with Gasteiger partial charge in [0.1, 0.15) is 17.2 Å². The maximum Gasteiger partial charge on any atom is 0.416 e. The van der Waals surface area contributed by atoms with E-state index in [0.717, 1.165) is 12.1 Å². The first-order valence-electron chi connectivity index (χ1n) is 9.19. The van der Waals surface area contributed by atoms with Gasteiger partial charge in [-0.1, -0.05) is 6.07 Å². The van der Waals surface area contributed by atoms with Crippen LogP contribution in [0.5, 0.6) is 5.88 Å². The Labute approximate surface area is 180 Å². The third kappa shape index (κ3) is 5.41. The van der Waals surface area contributed by atoms with E-state index < -0.39 is 41.9 Å². The molecule has 0 saturated carbocycles. The molecular formula is C19H20F3N7O3. The van der Waals surface area contributed by atoms with Crippen molar-refractivity contribution in [3.05, 3.63) is 41.1 Å². The Hall–Kier alpha value is -3.92. The van der Waals surface area contributed by atoms with Gasteiger partial charge in [-0.15, -0.1) is 0 Å². The van der Waals surface area contributed by atoms with Crippen LogP contribution in [0.1, 0.15) is 36.6 Å². The number of nitrogen functional groups attached to an aromatic ring is 1. The lowest BCUT2D eigenvalue weighted by atomic mass is 9.86. The molecule has 32 heavy (non-hydrogen) atoms. The van der Waals surface area contributed by atoms with Crippen LogP contribution in [0.4, 0.5) is 24.8 Å². The normalized spacial score (nSPS) is 13.0. The number of ether oxygens (including phenoxy) is 1. The van der Waals surface area contributed by atoms with Crippen molar-refractivity contribution in [1.29, 1.82) is 5.26 Å². The van der Waals surface area contributed by atoms with E-state index >= 15 is 0 Å². The third-order valence-corrected chi connectivity index (χ3v) is 4.33. The van der Waals surface area contributed by atoms with Crippen LogP contribution in [-0.4, -0.2) is 28.4 Å². The zero-order valence-electron chi connectivity index (χ0n) is 16.9. The summed E-state index contributed by atoms with van der Waals surface area (Å²) in [7, 11) is 0. The lowest BCUT2D eigenvalue weighted by Gasteiger charge is -2.28. The van der Waals surface area contributed by atoms with Crippen molar-refractivity contribution in [2.45, 2.75) is 31.5 Å². The van der Waals surface area contributed by atoms with Gasteiger partial charge in [0, 0.05) is 12.1 Å². The van der Waals surface area contributed by atoms with Gasteiger partial charge in [0.2, 0.25) is 17.7 Å². The SMILES string of the molecule is CCOc1nc(N)nc([C@](N)(CCC(N)=O)C(=O)Nc2cccc(C(F)(F)F)c2)c1C#N. The molecule has 0 unspecified atom stereocenters. The predicted molar refractivity (Wildman–Crippen MR) is 107 cm³/mol. The predicted octanol–water partition coefficient (Wildman–Crippen LogP) is 1.41. The first-order valence-corrected chi connectivity index (χ1v) is 9.19. The Balaban J connectivity index is 2.58. The number of carbonyl (C=O) groups excluding carboxylic acids is 2. The molecule has 10 nitrogen and oxygen atoms in total. The van der Waals surface area contributed by atoms with Gasteiger partial charge in [0.15, 0.2) is 0 Å². The van der Waals surface area contributed by atoms with Gasteiger partial charge in [-0.25, -0.2) is 4.98 Å². The van der Waals surface area contributed by atoms with Gasteiger partial charge in [-0.3, -0.25) is 9.59 Å². The topological polar surface area (TPSA) is 183 Å². The molecule has 0 aliphatic carbocycles. The summed E-state index contributed by atoms with van der Waals surface area (Å²) in [4.78, 5) is 32.2. The van der Waals surface area contributed by atoms with Crippen molar-refractivity contribution >= 4 is 23.5 Å². The number of nitriles is 1. The van der Waals surface area contributed by atoms with Crippen molar-refractivity contribution in [2.75, 3.05) is 17.7 Å². The van der Waals surface area contributed by atoms with Crippen molar-refractivity contribution in [1.82, 2.24) is 9.97 Å². The Morgan fingerprint density at radius 2 is 1.97 bits per heavy atom. The number of amides is 2. The molecule has 0 radical (unpaired) electrons. The highest BCUT2D eigenvalue weighted by Gasteiger charge is 2.42. The molecule has 0 aliphatic rings. The first kappa shape index (κ1) is 24.4. The number of aromatic nitrogens is 2. The summed E-state index contributed by atoms with van der Waals surface area (Å²) in [6, 6.07) is 5.63. The lowest BCUT2D eigenvalue weighted by Crippen LogP contribution is -2.50. The molecule has 1 atom stereocenters. The number of benzene rings is 1. The highest BCUT2D eigenvalue weighted by atomic mass is 19.4. The fraction of sp³-hybridized carbons (Fsp3) is 0.316. The smallest absolute Gasteiger partial charge is 0.416 e. The maximum atomic E-state index is 13.1. The molecule has 2 aromatic rings. The number of hydrogen-bond acceptors (Lipinski definition) is 8. The Morgan fingerprint density at radius 1 is 1.28 bits per heavy atom. The zero-order valence-corrected chi connectivity index (χ0v) is 16.9. The van der Waals surface area contributed by atoms with Crippen LogP contribution in [0.3, 0.4) is 0 Å². The average molecular weight is 451 g/mol. The van der Waals surface area contributed by atoms with Crippen molar-refractivity contribution in [3.8, 4) is 11.9 Å². The monoisotopic (exact) mass is 451 g/mol. The standard InChI is InChI=1S/C19H20F3N7O3/c1-2-32-15-12(9-23)14(28-17(25)29-15)18(26,7-6-13(24)30)16(31)27-11-5-3-4-10(8-11)19(20,21)22/h3-5,8H,2,6-7,26H2,1H3,(H2,24,30)(H,27,31)(H2,25,28,29)/t18-/m1/s1. The van der Waals surface area contributed by atoms with Gasteiger partial charge in [0.05, 0.1) is 17.9 Å². The van der Waals surface area contributed by atoms with Gasteiger partial charge >= 0.3 is 6.18 Å². The number of primary amides is 1. The minimum atomic E-state index is -4.64. The minimum Gasteiger partial charge on any atom is -0.477 e. The summed E-state index contributed by atoms with van der Waals surface area (Å²) in [5.41, 5.74) is 13.1. The van der Waals surface area contributed by atoms with E-state index in [2.05, 4.69) is 15.3 Å². The molecule has 1 heterocycles. The molecular weight excluding hydrogens is 431 g/mol. The number of hydrogen-bond donors (Lipinski definition) is 4. The Bertz CT molecular complexity index is 1070. The van der Waals surface area contributed by atoms with Crippen LogP contribution < -0.4 is 27.3 Å². The number of alkyl halides is 3. The summed E-state index contributed by atoms with van der Waals surface area (Å²) in [5.74, 6) is -2.46. The molecule has 2 rings (SSSR count). The van der Waals surface area contributed by atoms with E-state index in [0.29, 0.717) is 6.07 Å². The second-order valence-electron chi connectivity index (χ2n) is 6.63. The van der Waals surface area contributed by atoms with Crippen molar-refractivity contribution < 1.29 is 27.5 Å². The molecule has 0 aliphatic heterocycles. The second kappa shape index (κ2) is 9.48. The summed E-state index contributed by atoms with van der Waals surface area (Å²) in [6.45, 7) is 1.71. The van der Waals surface area contributed by atoms with Crippen LogP contribution in [0.15, 0.2) is 24.3 Å². The van der Waals surface area contributed by atoms with Crippen LogP contribution in [0.25, 0.3) is 0 Å². The number of carbonyl (C=O) groups is 2. The molecule has 1 aromatic heterocycles. The first-order chi connectivity index (χ1) is 14.9. The highest BCUT2D eigenvalue weighted by molar-refractivity contribution is 5.99. The molecule has 0 fully saturated rings. The Kier molecular flexibility index (Phi) is 7.21. The van der Waals surface area contributed by atoms with Crippen LogP contribution in [0.2, 0.25) is 0 Å². The molecule has 170 valence electrons. The van der Waals surface area contributed by atoms with E-state index in [1.54, 1.807) is 13.0 Å². The Morgan fingerprint density at radius 3 is 2.53 bits per heavy atom. The molecule has 0 saturated heterocycles. The number of halogens is 3. The lowest BCUT2D eigenvalue weighted by molar-refractivity contribution is -0.137. The molecule has 0 bridgehead atoms. The van der Waals surface area contributed by atoms with Gasteiger partial charge < -0.3 is 27.3 Å². The maximum absolute atomic E-state index is 13.1. The largest absolute Gasteiger partial charge is 0.477 e.